The molecule has 1 heterocycles. The van der Waals surface area contributed by atoms with Crippen LogP contribution >= 0.6 is 11.8 Å². The van der Waals surface area contributed by atoms with Crippen LogP contribution in [-0.4, -0.2) is 26.4 Å². The van der Waals surface area contributed by atoms with E-state index in [1.165, 1.54) is 36.0 Å². The maximum Gasteiger partial charge on any atom is 0.416 e. The Morgan fingerprint density at radius 3 is 2.76 bits per heavy atom. The van der Waals surface area contributed by atoms with Crippen LogP contribution in [0.4, 0.5) is 13.2 Å². The molecule has 0 bridgehead atoms. The van der Waals surface area contributed by atoms with Crippen LogP contribution in [0.1, 0.15) is 11.1 Å². The van der Waals surface area contributed by atoms with Gasteiger partial charge < -0.3 is 5.11 Å². The van der Waals surface area contributed by atoms with E-state index in [1.807, 2.05) is 0 Å². The first-order chi connectivity index (χ1) is 9.79. The number of alkyl halides is 3. The Morgan fingerprint density at radius 1 is 1.43 bits per heavy atom. The highest BCUT2D eigenvalue weighted by Gasteiger charge is 2.32. The molecule has 1 N–H and O–H groups in total. The third kappa shape index (κ3) is 3.57. The van der Waals surface area contributed by atoms with Gasteiger partial charge in [-0.15, -0.1) is 0 Å². The second-order valence-electron chi connectivity index (χ2n) is 4.26. The van der Waals surface area contributed by atoms with Crippen molar-refractivity contribution in [1.82, 2.24) is 9.55 Å². The number of halogens is 3. The molecule has 0 atom stereocenters. The fourth-order valence-electron chi connectivity index (χ4n) is 1.78. The van der Waals surface area contributed by atoms with Crippen LogP contribution in [0, 0.1) is 6.92 Å². The number of hydrogen-bond donors (Lipinski definition) is 1. The Bertz CT molecular complexity index is 668. The molecule has 21 heavy (non-hydrogen) atoms. The molecule has 0 aliphatic carbocycles. The van der Waals surface area contributed by atoms with Gasteiger partial charge in [-0.3, -0.25) is 9.36 Å². The van der Waals surface area contributed by atoms with Crippen molar-refractivity contribution in [3.63, 3.8) is 0 Å². The van der Waals surface area contributed by atoms with Crippen molar-refractivity contribution in [2.45, 2.75) is 18.3 Å². The predicted octanol–water partition coefficient (Wildman–Crippen LogP) is 3.38. The fraction of sp³-hybridized carbons (Fsp3) is 0.231. The molecule has 0 radical (unpaired) electrons. The number of aliphatic carboxylic acids is 1. The molecule has 2 aromatic rings. The van der Waals surface area contributed by atoms with E-state index in [9.17, 15) is 18.0 Å². The highest BCUT2D eigenvalue weighted by molar-refractivity contribution is 7.99. The number of hydrogen-bond acceptors (Lipinski definition) is 3. The average molecular weight is 316 g/mol. The molecule has 0 aliphatic rings. The molecule has 0 saturated carbocycles. The summed E-state index contributed by atoms with van der Waals surface area (Å²) in [5.74, 6) is -1.23. The Balaban J connectivity index is 2.39. The number of nitrogens with zero attached hydrogens (tertiary/aromatic N) is 2. The van der Waals surface area contributed by atoms with Gasteiger partial charge in [-0.1, -0.05) is 17.8 Å². The molecule has 1 aromatic heterocycles. The van der Waals surface area contributed by atoms with Crippen molar-refractivity contribution in [3.05, 3.63) is 41.7 Å². The Morgan fingerprint density at radius 2 is 2.14 bits per heavy atom. The second kappa shape index (κ2) is 5.80. The van der Waals surface area contributed by atoms with Crippen molar-refractivity contribution in [1.29, 1.82) is 0 Å². The van der Waals surface area contributed by atoms with Gasteiger partial charge in [-0.05, 0) is 24.6 Å². The summed E-state index contributed by atoms with van der Waals surface area (Å²) < 4.78 is 40.2. The lowest BCUT2D eigenvalue weighted by Gasteiger charge is -2.13. The standard InChI is InChI=1S/C13H11F3N2O2S/c1-8-2-3-9(6-10(8)13(14,15)16)18-5-4-17-12(18)21-7-11(19)20/h2-6H,7H2,1H3,(H,19,20). The first kappa shape index (κ1) is 15.4. The minimum Gasteiger partial charge on any atom is -0.481 e. The molecular weight excluding hydrogens is 305 g/mol. The van der Waals surface area contributed by atoms with Gasteiger partial charge in [0, 0.05) is 18.1 Å². The topological polar surface area (TPSA) is 55.1 Å². The molecule has 0 spiro atoms. The van der Waals surface area contributed by atoms with Crippen molar-refractivity contribution < 1.29 is 23.1 Å². The smallest absolute Gasteiger partial charge is 0.416 e. The van der Waals surface area contributed by atoms with Gasteiger partial charge in [-0.2, -0.15) is 13.2 Å². The highest BCUT2D eigenvalue weighted by Crippen LogP contribution is 2.33. The second-order valence-corrected chi connectivity index (χ2v) is 5.20. The van der Waals surface area contributed by atoms with Gasteiger partial charge in [0.2, 0.25) is 0 Å². The van der Waals surface area contributed by atoms with E-state index in [0.717, 1.165) is 17.8 Å². The van der Waals surface area contributed by atoms with E-state index in [2.05, 4.69) is 4.98 Å². The molecule has 8 heteroatoms. The number of imidazole rings is 1. The lowest BCUT2D eigenvalue weighted by Crippen LogP contribution is -2.09. The third-order valence-electron chi connectivity index (χ3n) is 2.74. The Hall–Kier alpha value is -1.96. The van der Waals surface area contributed by atoms with Crippen LogP contribution in [0.2, 0.25) is 0 Å². The summed E-state index contributed by atoms with van der Waals surface area (Å²) in [5.41, 5.74) is -0.299. The normalized spacial score (nSPS) is 11.6. The van der Waals surface area contributed by atoms with E-state index < -0.39 is 17.7 Å². The Labute approximate surface area is 122 Å². The van der Waals surface area contributed by atoms with E-state index in [0.29, 0.717) is 10.8 Å². The quantitative estimate of drug-likeness (QED) is 0.879. The SMILES string of the molecule is Cc1ccc(-n2ccnc2SCC(=O)O)cc1C(F)(F)F. The van der Waals surface area contributed by atoms with Crippen LogP contribution in [0.25, 0.3) is 5.69 Å². The number of carboxylic acids is 1. The summed E-state index contributed by atoms with van der Waals surface area (Å²) in [7, 11) is 0. The highest BCUT2D eigenvalue weighted by atomic mass is 32.2. The van der Waals surface area contributed by atoms with Crippen molar-refractivity contribution in [2.24, 2.45) is 0 Å². The van der Waals surface area contributed by atoms with Crippen LogP contribution < -0.4 is 0 Å². The van der Waals surface area contributed by atoms with E-state index >= 15 is 0 Å². The van der Waals surface area contributed by atoms with Gasteiger partial charge >= 0.3 is 12.1 Å². The molecule has 2 rings (SSSR count). The maximum absolute atomic E-state index is 12.9. The summed E-state index contributed by atoms with van der Waals surface area (Å²) in [6.07, 6.45) is -1.53. The first-order valence-electron chi connectivity index (χ1n) is 5.85. The molecule has 0 aliphatic heterocycles. The van der Waals surface area contributed by atoms with Gasteiger partial charge in [0.05, 0.1) is 11.3 Å². The zero-order chi connectivity index (χ0) is 15.6. The van der Waals surface area contributed by atoms with E-state index in [-0.39, 0.29) is 11.3 Å². The molecule has 0 fully saturated rings. The van der Waals surface area contributed by atoms with Gasteiger partial charge in [0.15, 0.2) is 5.16 Å². The lowest BCUT2D eigenvalue weighted by molar-refractivity contribution is -0.138. The lowest BCUT2D eigenvalue weighted by atomic mass is 10.1. The molecule has 0 unspecified atom stereocenters. The van der Waals surface area contributed by atoms with Gasteiger partial charge in [0.25, 0.3) is 0 Å². The molecule has 112 valence electrons. The minimum atomic E-state index is -4.44. The van der Waals surface area contributed by atoms with Crippen molar-refractivity contribution in [2.75, 3.05) is 5.75 Å². The predicted molar refractivity (Wildman–Crippen MR) is 71.7 cm³/mol. The van der Waals surface area contributed by atoms with Gasteiger partial charge in [-0.25, -0.2) is 4.98 Å². The maximum atomic E-state index is 12.9. The van der Waals surface area contributed by atoms with Crippen molar-refractivity contribution >= 4 is 17.7 Å². The molecule has 1 aromatic carbocycles. The fourth-order valence-corrected chi connectivity index (χ4v) is 2.48. The summed E-state index contributed by atoms with van der Waals surface area (Å²) >= 11 is 0.945. The number of carbonyl (C=O) groups is 1. The summed E-state index contributed by atoms with van der Waals surface area (Å²) in [4.78, 5) is 14.5. The largest absolute Gasteiger partial charge is 0.481 e. The molecule has 0 amide bonds. The Kier molecular flexibility index (Phi) is 4.26. The van der Waals surface area contributed by atoms with Crippen LogP contribution in [0.15, 0.2) is 35.7 Å². The average Bonchev–Trinajstić information content (AvgIpc) is 2.84. The van der Waals surface area contributed by atoms with Crippen molar-refractivity contribution in [3.8, 4) is 5.69 Å². The first-order valence-corrected chi connectivity index (χ1v) is 6.84. The number of aryl methyl sites for hydroxylation is 1. The van der Waals surface area contributed by atoms with E-state index in [1.54, 1.807) is 0 Å². The molecular formula is C13H11F3N2O2S. The van der Waals surface area contributed by atoms with Crippen LogP contribution in [0.5, 0.6) is 0 Å². The van der Waals surface area contributed by atoms with Crippen LogP contribution in [-0.2, 0) is 11.0 Å². The summed E-state index contributed by atoms with van der Waals surface area (Å²) in [5, 5.41) is 8.98. The summed E-state index contributed by atoms with van der Waals surface area (Å²) in [6, 6.07) is 3.95. The number of carboxylic acid groups (broad SMARTS) is 1. The monoisotopic (exact) mass is 316 g/mol. The minimum absolute atomic E-state index is 0.131. The zero-order valence-corrected chi connectivity index (χ0v) is 11.7. The molecule has 0 saturated heterocycles. The van der Waals surface area contributed by atoms with E-state index in [4.69, 9.17) is 5.11 Å². The number of rotatable bonds is 4. The van der Waals surface area contributed by atoms with Gasteiger partial charge in [0.1, 0.15) is 0 Å². The van der Waals surface area contributed by atoms with Crippen LogP contribution in [0.3, 0.4) is 0 Å². The number of benzene rings is 1. The number of thioether (sulfide) groups is 1. The number of aromatic nitrogens is 2. The summed E-state index contributed by atoms with van der Waals surface area (Å²) in [6.45, 7) is 1.39. The molecule has 4 nitrogen and oxygen atoms in total. The third-order valence-corrected chi connectivity index (χ3v) is 3.69. The zero-order valence-electron chi connectivity index (χ0n) is 10.9.